The highest BCUT2D eigenvalue weighted by molar-refractivity contribution is 5.92. The topological polar surface area (TPSA) is 72.9 Å². The largest absolute Gasteiger partial charge is 0.350 e. The van der Waals surface area contributed by atoms with Gasteiger partial charge in [-0.15, -0.1) is 0 Å². The Balaban J connectivity index is 2.49. The molecular formula is C12H22N4O. The average Bonchev–Trinajstić information content (AvgIpc) is 2.64. The molecule has 1 aromatic rings. The maximum Gasteiger partial charge on any atom is 0.271 e. The van der Waals surface area contributed by atoms with E-state index in [4.69, 9.17) is 5.73 Å². The maximum absolute atomic E-state index is 11.8. The second-order valence-electron chi connectivity index (χ2n) is 4.36. The van der Waals surface area contributed by atoms with Crippen LogP contribution in [0.5, 0.6) is 0 Å². The van der Waals surface area contributed by atoms with Crippen LogP contribution in [0.25, 0.3) is 0 Å². The van der Waals surface area contributed by atoms with Crippen molar-refractivity contribution < 1.29 is 4.79 Å². The van der Waals surface area contributed by atoms with E-state index in [9.17, 15) is 4.79 Å². The number of amides is 1. The summed E-state index contributed by atoms with van der Waals surface area (Å²) in [6, 6.07) is 1.79. The van der Waals surface area contributed by atoms with Gasteiger partial charge in [0.05, 0.1) is 0 Å². The molecule has 0 radical (unpaired) electrons. The van der Waals surface area contributed by atoms with Crippen molar-refractivity contribution in [1.29, 1.82) is 0 Å². The minimum atomic E-state index is -0.107. The van der Waals surface area contributed by atoms with E-state index in [0.717, 1.165) is 18.5 Å². The summed E-state index contributed by atoms with van der Waals surface area (Å²) in [6.07, 6.45) is 1.97. The summed E-state index contributed by atoms with van der Waals surface area (Å²) in [5.41, 5.74) is 6.97. The Bertz CT molecular complexity index is 353. The molecule has 1 atom stereocenters. The van der Waals surface area contributed by atoms with E-state index >= 15 is 0 Å². The van der Waals surface area contributed by atoms with Gasteiger partial charge in [-0.25, -0.2) is 0 Å². The van der Waals surface area contributed by atoms with E-state index < -0.39 is 0 Å². The van der Waals surface area contributed by atoms with Crippen molar-refractivity contribution in [2.75, 3.05) is 13.1 Å². The molecule has 5 heteroatoms. The highest BCUT2D eigenvalue weighted by Gasteiger charge is 2.12. The molecule has 0 saturated heterocycles. The molecule has 1 amide bonds. The number of carbonyl (C=O) groups is 1. The second-order valence-corrected chi connectivity index (χ2v) is 4.36. The summed E-state index contributed by atoms with van der Waals surface area (Å²) in [5.74, 6) is 0.345. The number of aromatic nitrogens is 2. The van der Waals surface area contributed by atoms with Crippen molar-refractivity contribution in [2.45, 2.75) is 26.7 Å². The van der Waals surface area contributed by atoms with Gasteiger partial charge in [0.15, 0.2) is 0 Å². The molecule has 1 unspecified atom stereocenters. The Morgan fingerprint density at radius 2 is 2.35 bits per heavy atom. The van der Waals surface area contributed by atoms with E-state index in [-0.39, 0.29) is 5.91 Å². The van der Waals surface area contributed by atoms with Crippen LogP contribution in [0, 0.1) is 12.8 Å². The maximum atomic E-state index is 11.8. The SMILES string of the molecule is CCC(CCN)CNC(=O)c1cc(C)n(C)n1. The lowest BCUT2D eigenvalue weighted by atomic mass is 10.0. The first-order valence-electron chi connectivity index (χ1n) is 6.07. The van der Waals surface area contributed by atoms with Crippen molar-refractivity contribution in [1.82, 2.24) is 15.1 Å². The van der Waals surface area contributed by atoms with Crippen molar-refractivity contribution >= 4 is 5.91 Å². The lowest BCUT2D eigenvalue weighted by molar-refractivity contribution is 0.0940. The first-order valence-corrected chi connectivity index (χ1v) is 6.07. The number of carbonyl (C=O) groups excluding carboxylic acids is 1. The Kier molecular flexibility index (Phi) is 5.15. The van der Waals surface area contributed by atoms with Crippen LogP contribution in [0.3, 0.4) is 0 Å². The Labute approximate surface area is 102 Å². The van der Waals surface area contributed by atoms with E-state index in [0.29, 0.717) is 24.7 Å². The zero-order valence-corrected chi connectivity index (χ0v) is 10.9. The monoisotopic (exact) mass is 238 g/mol. The normalized spacial score (nSPS) is 12.5. The predicted molar refractivity (Wildman–Crippen MR) is 67.7 cm³/mol. The third kappa shape index (κ3) is 3.85. The molecule has 1 aromatic heterocycles. The molecular weight excluding hydrogens is 216 g/mol. The van der Waals surface area contributed by atoms with Crippen LogP contribution >= 0.6 is 0 Å². The lowest BCUT2D eigenvalue weighted by Gasteiger charge is -2.13. The summed E-state index contributed by atoms with van der Waals surface area (Å²) in [4.78, 5) is 11.8. The molecule has 0 spiro atoms. The summed E-state index contributed by atoms with van der Waals surface area (Å²) in [7, 11) is 1.83. The number of hydrogen-bond acceptors (Lipinski definition) is 3. The number of nitrogens with zero attached hydrogens (tertiary/aromatic N) is 2. The number of aryl methyl sites for hydroxylation is 2. The molecule has 0 aromatic carbocycles. The third-order valence-corrected chi connectivity index (χ3v) is 3.05. The van der Waals surface area contributed by atoms with Crippen molar-refractivity contribution in [3.8, 4) is 0 Å². The zero-order valence-electron chi connectivity index (χ0n) is 10.9. The molecule has 1 heterocycles. The number of rotatable bonds is 6. The van der Waals surface area contributed by atoms with Crippen LogP contribution in [-0.2, 0) is 7.05 Å². The molecule has 0 aliphatic rings. The van der Waals surface area contributed by atoms with Crippen LogP contribution in [0.2, 0.25) is 0 Å². The molecule has 0 bridgehead atoms. The van der Waals surface area contributed by atoms with Gasteiger partial charge in [-0.3, -0.25) is 9.48 Å². The van der Waals surface area contributed by atoms with Crippen LogP contribution in [0.4, 0.5) is 0 Å². The van der Waals surface area contributed by atoms with Gasteiger partial charge in [-0.1, -0.05) is 13.3 Å². The Morgan fingerprint density at radius 1 is 1.65 bits per heavy atom. The minimum absolute atomic E-state index is 0.107. The molecule has 0 aliphatic heterocycles. The van der Waals surface area contributed by atoms with Crippen LogP contribution in [-0.4, -0.2) is 28.8 Å². The first-order chi connectivity index (χ1) is 8.08. The highest BCUT2D eigenvalue weighted by atomic mass is 16.1. The Morgan fingerprint density at radius 3 is 2.82 bits per heavy atom. The molecule has 17 heavy (non-hydrogen) atoms. The van der Waals surface area contributed by atoms with Gasteiger partial charge < -0.3 is 11.1 Å². The highest BCUT2D eigenvalue weighted by Crippen LogP contribution is 2.06. The first kappa shape index (κ1) is 13.7. The molecule has 96 valence electrons. The van der Waals surface area contributed by atoms with Crippen molar-refractivity contribution in [2.24, 2.45) is 18.7 Å². The predicted octanol–water partition coefficient (Wildman–Crippen LogP) is 0.833. The lowest BCUT2D eigenvalue weighted by Crippen LogP contribution is -2.30. The van der Waals surface area contributed by atoms with Gasteiger partial charge in [0, 0.05) is 19.3 Å². The smallest absolute Gasteiger partial charge is 0.271 e. The molecule has 0 fully saturated rings. The quantitative estimate of drug-likeness (QED) is 0.771. The van der Waals surface area contributed by atoms with E-state index in [1.165, 1.54) is 0 Å². The van der Waals surface area contributed by atoms with Gasteiger partial charge in [0.25, 0.3) is 5.91 Å². The fourth-order valence-corrected chi connectivity index (χ4v) is 1.69. The van der Waals surface area contributed by atoms with Gasteiger partial charge in [-0.2, -0.15) is 5.10 Å². The summed E-state index contributed by atoms with van der Waals surface area (Å²) in [5, 5.41) is 7.04. The van der Waals surface area contributed by atoms with Crippen LogP contribution < -0.4 is 11.1 Å². The molecule has 5 nitrogen and oxygen atoms in total. The third-order valence-electron chi connectivity index (χ3n) is 3.05. The summed E-state index contributed by atoms with van der Waals surface area (Å²) < 4.78 is 1.70. The second kappa shape index (κ2) is 6.39. The van der Waals surface area contributed by atoms with E-state index in [2.05, 4.69) is 17.3 Å². The minimum Gasteiger partial charge on any atom is -0.350 e. The standard InChI is InChI=1S/C12H22N4O/c1-4-10(5-6-13)8-14-12(17)11-7-9(2)16(3)15-11/h7,10H,4-6,8,13H2,1-3H3,(H,14,17). The van der Waals surface area contributed by atoms with Gasteiger partial charge >= 0.3 is 0 Å². The number of nitrogens with one attached hydrogen (secondary N) is 1. The fraction of sp³-hybridized carbons (Fsp3) is 0.667. The molecule has 1 rings (SSSR count). The van der Waals surface area contributed by atoms with Crippen molar-refractivity contribution in [3.63, 3.8) is 0 Å². The van der Waals surface area contributed by atoms with E-state index in [1.807, 2.05) is 14.0 Å². The summed E-state index contributed by atoms with van der Waals surface area (Å²) >= 11 is 0. The van der Waals surface area contributed by atoms with Crippen LogP contribution in [0.15, 0.2) is 6.07 Å². The number of nitrogens with two attached hydrogens (primary N) is 1. The Hall–Kier alpha value is -1.36. The molecule has 0 aliphatic carbocycles. The summed E-state index contributed by atoms with van der Waals surface area (Å²) in [6.45, 7) is 5.36. The average molecular weight is 238 g/mol. The fourth-order valence-electron chi connectivity index (χ4n) is 1.69. The van der Waals surface area contributed by atoms with Crippen LogP contribution in [0.1, 0.15) is 35.9 Å². The molecule has 3 N–H and O–H groups in total. The number of hydrogen-bond donors (Lipinski definition) is 2. The zero-order chi connectivity index (χ0) is 12.8. The van der Waals surface area contributed by atoms with E-state index in [1.54, 1.807) is 10.7 Å². The molecule has 0 saturated carbocycles. The van der Waals surface area contributed by atoms with Gasteiger partial charge in [0.2, 0.25) is 0 Å². The van der Waals surface area contributed by atoms with Gasteiger partial charge in [0.1, 0.15) is 5.69 Å². The van der Waals surface area contributed by atoms with Crippen molar-refractivity contribution in [3.05, 3.63) is 17.5 Å². The van der Waals surface area contributed by atoms with Gasteiger partial charge in [-0.05, 0) is 31.9 Å².